The zero-order valence-corrected chi connectivity index (χ0v) is 21.0. The van der Waals surface area contributed by atoms with Gasteiger partial charge in [-0.15, -0.1) is 0 Å². The van der Waals surface area contributed by atoms with Crippen molar-refractivity contribution in [1.82, 2.24) is 15.6 Å². The molecule has 5 nitrogen and oxygen atoms in total. The van der Waals surface area contributed by atoms with E-state index in [0.29, 0.717) is 30.1 Å². The number of hydrogen-bond acceptors (Lipinski definition) is 3. The smallest absolute Gasteiger partial charge is 0.254 e. The molecule has 0 aliphatic heterocycles. The summed E-state index contributed by atoms with van der Waals surface area (Å²) >= 11 is 5.96. The quantitative estimate of drug-likeness (QED) is 0.196. The Morgan fingerprint density at radius 3 is 2.00 bits per heavy atom. The van der Waals surface area contributed by atoms with Crippen molar-refractivity contribution in [2.75, 3.05) is 13.1 Å². The lowest BCUT2D eigenvalue weighted by Gasteiger charge is -2.07. The Morgan fingerprint density at radius 1 is 0.853 bits per heavy atom. The van der Waals surface area contributed by atoms with Crippen molar-refractivity contribution in [3.05, 3.63) is 89.8 Å². The molecule has 0 aliphatic carbocycles. The van der Waals surface area contributed by atoms with Crippen LogP contribution in [0.4, 0.5) is 0 Å². The highest BCUT2D eigenvalue weighted by Gasteiger charge is 2.09. The van der Waals surface area contributed by atoms with Gasteiger partial charge >= 0.3 is 0 Å². The average molecular weight is 484 g/mol. The highest BCUT2D eigenvalue weighted by atomic mass is 35.5. The lowest BCUT2D eigenvalue weighted by Crippen LogP contribution is -2.34. The highest BCUT2D eigenvalue weighted by Crippen LogP contribution is 2.12. The molecule has 2 N–H and O–H groups in total. The number of halogens is 1. The Morgan fingerprint density at radius 2 is 1.41 bits per heavy atom. The summed E-state index contributed by atoms with van der Waals surface area (Å²) in [5, 5.41) is 5.88. The summed E-state index contributed by atoms with van der Waals surface area (Å²) in [5.41, 5.74) is 0.326. The molecular formula is C28H38ClN3O2. The minimum Gasteiger partial charge on any atom is -0.354 e. The molecule has 0 fully saturated rings. The Bertz CT molecular complexity index is 857. The molecule has 0 spiro atoms. The van der Waals surface area contributed by atoms with E-state index in [0.717, 1.165) is 44.9 Å². The van der Waals surface area contributed by atoms with Gasteiger partial charge in [0, 0.05) is 31.9 Å². The topological polar surface area (TPSA) is 71.1 Å². The third-order valence-corrected chi connectivity index (χ3v) is 5.01. The van der Waals surface area contributed by atoms with Gasteiger partial charge in [-0.2, -0.15) is 0 Å². The van der Waals surface area contributed by atoms with Gasteiger partial charge in [-0.3, -0.25) is 14.6 Å². The van der Waals surface area contributed by atoms with E-state index in [2.05, 4.69) is 83.3 Å². The molecule has 0 bridgehead atoms. The molecule has 0 aliphatic rings. The average Bonchev–Trinajstić information content (AvgIpc) is 2.84. The molecule has 6 heteroatoms. The molecule has 0 radical (unpaired) electrons. The van der Waals surface area contributed by atoms with Crippen molar-refractivity contribution >= 4 is 23.4 Å². The van der Waals surface area contributed by atoms with E-state index in [4.69, 9.17) is 11.6 Å². The van der Waals surface area contributed by atoms with Crippen molar-refractivity contribution < 1.29 is 9.59 Å². The molecule has 1 aromatic rings. The number of nitrogens with one attached hydrogen (secondary N) is 2. The van der Waals surface area contributed by atoms with Crippen LogP contribution in [-0.4, -0.2) is 29.9 Å². The number of pyridine rings is 1. The maximum absolute atomic E-state index is 12.0. The first-order valence-corrected chi connectivity index (χ1v) is 12.4. The number of carbonyl (C=O) groups excluding carboxylic acids is 2. The normalized spacial score (nSPS) is 12.1. The van der Waals surface area contributed by atoms with Crippen molar-refractivity contribution in [1.29, 1.82) is 0 Å². The van der Waals surface area contributed by atoms with Gasteiger partial charge in [-0.25, -0.2) is 0 Å². The van der Waals surface area contributed by atoms with E-state index in [1.165, 1.54) is 12.4 Å². The van der Waals surface area contributed by atoms with Crippen molar-refractivity contribution in [3.8, 4) is 0 Å². The SMILES string of the molecule is CCC=CCC=CCC=CCC=CCC=CCCCC(=O)NCCNC(=O)c1cnccc1Cl. The van der Waals surface area contributed by atoms with Crippen LogP contribution in [0.25, 0.3) is 0 Å². The van der Waals surface area contributed by atoms with Crippen LogP contribution in [0.5, 0.6) is 0 Å². The third-order valence-electron chi connectivity index (χ3n) is 4.68. The highest BCUT2D eigenvalue weighted by molar-refractivity contribution is 6.33. The Hall–Kier alpha value is -2.92. The van der Waals surface area contributed by atoms with Gasteiger partial charge in [0.2, 0.25) is 5.91 Å². The number of carbonyl (C=O) groups is 2. The number of amides is 2. The molecular weight excluding hydrogens is 446 g/mol. The Labute approximate surface area is 209 Å². The third kappa shape index (κ3) is 15.8. The molecule has 0 saturated carbocycles. The molecule has 34 heavy (non-hydrogen) atoms. The van der Waals surface area contributed by atoms with Gasteiger partial charge in [0.1, 0.15) is 0 Å². The fourth-order valence-corrected chi connectivity index (χ4v) is 3.05. The van der Waals surface area contributed by atoms with Gasteiger partial charge in [-0.1, -0.05) is 79.3 Å². The summed E-state index contributed by atoms with van der Waals surface area (Å²) in [6.45, 7) is 2.86. The zero-order chi connectivity index (χ0) is 24.7. The first kappa shape index (κ1) is 29.1. The van der Waals surface area contributed by atoms with E-state index in [1.807, 2.05) is 0 Å². The van der Waals surface area contributed by atoms with Crippen LogP contribution in [0, 0.1) is 0 Å². The van der Waals surface area contributed by atoms with Crippen molar-refractivity contribution in [2.45, 2.75) is 58.3 Å². The first-order valence-electron chi connectivity index (χ1n) is 12.0. The first-order chi connectivity index (χ1) is 16.6. The van der Waals surface area contributed by atoms with Gasteiger partial charge in [0.15, 0.2) is 0 Å². The predicted molar refractivity (Wildman–Crippen MR) is 143 cm³/mol. The van der Waals surface area contributed by atoms with E-state index in [1.54, 1.807) is 6.07 Å². The molecule has 0 unspecified atom stereocenters. The van der Waals surface area contributed by atoms with Crippen LogP contribution < -0.4 is 10.6 Å². The summed E-state index contributed by atoms with van der Waals surface area (Å²) in [6.07, 6.45) is 31.8. The number of unbranched alkanes of at least 4 members (excludes halogenated alkanes) is 1. The van der Waals surface area contributed by atoms with E-state index in [-0.39, 0.29) is 11.8 Å². The lowest BCUT2D eigenvalue weighted by molar-refractivity contribution is -0.121. The Balaban J connectivity index is 1.98. The largest absolute Gasteiger partial charge is 0.354 e. The summed E-state index contributed by atoms with van der Waals surface area (Å²) in [6, 6.07) is 1.56. The molecule has 184 valence electrons. The summed E-state index contributed by atoms with van der Waals surface area (Å²) in [5.74, 6) is -0.313. The van der Waals surface area contributed by atoms with Crippen LogP contribution >= 0.6 is 11.6 Å². The maximum atomic E-state index is 12.0. The predicted octanol–water partition coefficient (Wildman–Crippen LogP) is 6.50. The molecule has 2 amide bonds. The standard InChI is InChI=1S/C28H38ClN3O2/c1-2-3-4-5-6-7-8-9-10-11-12-13-14-15-16-17-18-19-27(33)31-22-23-32-28(34)25-24-30-21-20-26(25)29/h3-4,6-7,9-10,12-13,15-16,20-21,24H,2,5,8,11,14,17-19,22-23H2,1H3,(H,31,33)(H,32,34). The van der Waals surface area contributed by atoms with Gasteiger partial charge in [-0.05, 0) is 51.0 Å². The molecule has 1 aromatic heterocycles. The number of aromatic nitrogens is 1. The second-order valence-electron chi connectivity index (χ2n) is 7.56. The van der Waals surface area contributed by atoms with Gasteiger partial charge < -0.3 is 10.6 Å². The van der Waals surface area contributed by atoms with E-state index >= 15 is 0 Å². The fraction of sp³-hybridized carbons (Fsp3) is 0.393. The second-order valence-corrected chi connectivity index (χ2v) is 7.97. The van der Waals surface area contributed by atoms with Crippen LogP contribution in [-0.2, 0) is 4.79 Å². The number of hydrogen-bond donors (Lipinski definition) is 2. The van der Waals surface area contributed by atoms with Crippen LogP contribution in [0.1, 0.15) is 68.6 Å². The zero-order valence-electron chi connectivity index (χ0n) is 20.2. The summed E-state index contributed by atoms with van der Waals surface area (Å²) < 4.78 is 0. The minimum absolute atomic E-state index is 0.0130. The fourth-order valence-electron chi connectivity index (χ4n) is 2.86. The molecule has 0 atom stereocenters. The minimum atomic E-state index is -0.300. The number of nitrogens with zero attached hydrogens (tertiary/aromatic N) is 1. The molecule has 1 heterocycles. The van der Waals surface area contributed by atoms with Crippen LogP contribution in [0.3, 0.4) is 0 Å². The molecule has 0 aromatic carbocycles. The lowest BCUT2D eigenvalue weighted by atomic mass is 10.2. The van der Waals surface area contributed by atoms with E-state index < -0.39 is 0 Å². The van der Waals surface area contributed by atoms with Gasteiger partial charge in [0.25, 0.3) is 5.91 Å². The molecule has 1 rings (SSSR count). The van der Waals surface area contributed by atoms with Crippen LogP contribution in [0.15, 0.2) is 79.2 Å². The van der Waals surface area contributed by atoms with E-state index in [9.17, 15) is 9.59 Å². The second kappa shape index (κ2) is 20.7. The van der Waals surface area contributed by atoms with Crippen molar-refractivity contribution in [3.63, 3.8) is 0 Å². The summed E-state index contributed by atoms with van der Waals surface area (Å²) in [4.78, 5) is 27.7. The number of allylic oxidation sites excluding steroid dienone is 10. The summed E-state index contributed by atoms with van der Waals surface area (Å²) in [7, 11) is 0. The monoisotopic (exact) mass is 483 g/mol. The maximum Gasteiger partial charge on any atom is 0.254 e. The van der Waals surface area contributed by atoms with Crippen molar-refractivity contribution in [2.24, 2.45) is 0 Å². The van der Waals surface area contributed by atoms with Crippen LogP contribution in [0.2, 0.25) is 5.02 Å². The van der Waals surface area contributed by atoms with Gasteiger partial charge in [0.05, 0.1) is 10.6 Å². The Kier molecular flexibility index (Phi) is 17.7. The molecule has 0 saturated heterocycles. The number of rotatable bonds is 17.